The highest BCUT2D eigenvalue weighted by molar-refractivity contribution is 7.98. The van der Waals surface area contributed by atoms with Crippen molar-refractivity contribution in [3.63, 3.8) is 0 Å². The number of esters is 4. The zero-order chi connectivity index (χ0) is 33.8. The molecule has 45 heavy (non-hydrogen) atoms. The summed E-state index contributed by atoms with van der Waals surface area (Å²) in [5.41, 5.74) is -1.40. The van der Waals surface area contributed by atoms with Crippen LogP contribution < -0.4 is 10.7 Å². The second-order valence-electron chi connectivity index (χ2n) is 9.24. The van der Waals surface area contributed by atoms with Gasteiger partial charge in [0.25, 0.3) is 0 Å². The summed E-state index contributed by atoms with van der Waals surface area (Å²) in [6, 6.07) is 0. The number of hydrogen-bond donors (Lipinski definition) is 1. The third-order valence-electron chi connectivity index (χ3n) is 5.85. The molecule has 4 atom stereocenters. The van der Waals surface area contributed by atoms with Crippen LogP contribution in [0, 0.1) is 0 Å². The Morgan fingerprint density at radius 3 is 2.02 bits per heavy atom. The SMILES string of the molecule is CCOC(=O)c1cn(C2OC(COC(C)=O)C(OC(C)=O)C2OC(C)=O)c2nc(SC)nc(NC(C)=O)c2c1=O.CCOCC. The molecule has 1 N–H and O–H groups in total. The maximum Gasteiger partial charge on any atom is 0.343 e. The average molecular weight is 655 g/mol. The minimum absolute atomic E-state index is 0.0498. The van der Waals surface area contributed by atoms with E-state index in [1.165, 1.54) is 18.4 Å². The summed E-state index contributed by atoms with van der Waals surface area (Å²) in [5, 5.41) is 2.37. The molecule has 1 aliphatic heterocycles. The molecule has 2 aromatic rings. The summed E-state index contributed by atoms with van der Waals surface area (Å²) in [7, 11) is 0. The Kier molecular flexibility index (Phi) is 14.4. The molecule has 0 spiro atoms. The second kappa shape index (κ2) is 17.4. The van der Waals surface area contributed by atoms with Crippen molar-refractivity contribution in [2.24, 2.45) is 0 Å². The van der Waals surface area contributed by atoms with Gasteiger partial charge in [-0.15, -0.1) is 0 Å². The van der Waals surface area contributed by atoms with Gasteiger partial charge < -0.3 is 38.3 Å². The number of nitrogens with one attached hydrogen (secondary N) is 1. The molecule has 0 bridgehead atoms. The van der Waals surface area contributed by atoms with Gasteiger partial charge in [-0.25, -0.2) is 14.8 Å². The molecule has 248 valence electrons. The number of thioether (sulfide) groups is 1. The Morgan fingerprint density at radius 1 is 0.911 bits per heavy atom. The highest BCUT2D eigenvalue weighted by Gasteiger charge is 2.51. The van der Waals surface area contributed by atoms with Gasteiger partial charge in [-0.2, -0.15) is 0 Å². The summed E-state index contributed by atoms with van der Waals surface area (Å²) < 4.78 is 33.2. The molecular formula is C28H38N4O12S. The van der Waals surface area contributed by atoms with Gasteiger partial charge in [0.15, 0.2) is 35.1 Å². The van der Waals surface area contributed by atoms with E-state index < -0.39 is 65.3 Å². The summed E-state index contributed by atoms with van der Waals surface area (Å²) in [5.74, 6) is -3.86. The van der Waals surface area contributed by atoms with E-state index in [9.17, 15) is 28.8 Å². The summed E-state index contributed by atoms with van der Waals surface area (Å²) in [6.45, 7) is 11.4. The number of anilines is 1. The highest BCUT2D eigenvalue weighted by Crippen LogP contribution is 2.37. The molecule has 1 fully saturated rings. The standard InChI is InChI=1S/C24H28N4O11S.C4H10O/c1-7-35-23(34)14-8-28(21-16(17(14)33)20(25-10(2)29)26-24(27-21)40-6)22-19(38-13(5)32)18(37-12(4)31)15(39-22)9-36-11(3)30;1-3-5-4-2/h8,15,18-19,22H,7,9H2,1-6H3,(H,25,26,27,29);3-4H2,1-2H3. The van der Waals surface area contributed by atoms with Gasteiger partial charge in [-0.3, -0.25) is 24.0 Å². The quantitative estimate of drug-likeness (QED) is 0.159. The molecule has 17 heteroatoms. The first-order chi connectivity index (χ1) is 21.3. The van der Waals surface area contributed by atoms with E-state index in [2.05, 4.69) is 15.3 Å². The van der Waals surface area contributed by atoms with Gasteiger partial charge >= 0.3 is 23.9 Å². The third kappa shape index (κ3) is 9.95. The number of aromatic nitrogens is 3. The van der Waals surface area contributed by atoms with Crippen molar-refractivity contribution in [1.29, 1.82) is 0 Å². The summed E-state index contributed by atoms with van der Waals surface area (Å²) in [6.07, 6.45) is -2.33. The number of fused-ring (bicyclic) bond motifs is 1. The molecule has 4 unspecified atom stereocenters. The van der Waals surface area contributed by atoms with Gasteiger partial charge in [0.2, 0.25) is 11.3 Å². The summed E-state index contributed by atoms with van der Waals surface area (Å²) in [4.78, 5) is 82.5. The molecule has 0 saturated carbocycles. The number of hydrogen-bond acceptors (Lipinski definition) is 15. The van der Waals surface area contributed by atoms with Crippen molar-refractivity contribution in [2.75, 3.05) is 38.0 Å². The number of rotatable bonds is 11. The molecule has 1 amide bonds. The second-order valence-corrected chi connectivity index (χ2v) is 10.0. The fourth-order valence-corrected chi connectivity index (χ4v) is 4.60. The van der Waals surface area contributed by atoms with Crippen LogP contribution in [-0.4, -0.2) is 95.3 Å². The van der Waals surface area contributed by atoms with Crippen LogP contribution in [0.3, 0.4) is 0 Å². The van der Waals surface area contributed by atoms with Gasteiger partial charge in [0.1, 0.15) is 23.7 Å². The average Bonchev–Trinajstić information content (AvgIpc) is 3.27. The molecule has 0 aromatic carbocycles. The van der Waals surface area contributed by atoms with Crippen LogP contribution in [-0.2, 0) is 47.6 Å². The fourth-order valence-electron chi connectivity index (χ4n) is 4.24. The zero-order valence-corrected chi connectivity index (χ0v) is 27.2. The topological polar surface area (TPSA) is 201 Å². The Bertz CT molecular complexity index is 1460. The van der Waals surface area contributed by atoms with Crippen molar-refractivity contribution in [3.8, 4) is 0 Å². The molecule has 1 aliphatic rings. The van der Waals surface area contributed by atoms with Crippen LogP contribution in [0.2, 0.25) is 0 Å². The number of amides is 1. The lowest BCUT2D eigenvalue weighted by Gasteiger charge is -2.25. The Hall–Kier alpha value is -4.09. The van der Waals surface area contributed by atoms with Crippen molar-refractivity contribution >= 4 is 58.4 Å². The van der Waals surface area contributed by atoms with Gasteiger partial charge in [-0.1, -0.05) is 11.8 Å². The smallest absolute Gasteiger partial charge is 0.343 e. The maximum atomic E-state index is 13.5. The Balaban J connectivity index is 0.00000130. The number of carbonyl (C=O) groups excluding carboxylic acids is 5. The lowest BCUT2D eigenvalue weighted by Crippen LogP contribution is -2.40. The van der Waals surface area contributed by atoms with Crippen LogP contribution >= 0.6 is 11.8 Å². The number of pyridine rings is 1. The lowest BCUT2D eigenvalue weighted by molar-refractivity contribution is -0.166. The minimum atomic E-state index is -1.36. The van der Waals surface area contributed by atoms with Crippen molar-refractivity contribution < 1.29 is 52.4 Å². The highest BCUT2D eigenvalue weighted by atomic mass is 32.2. The molecule has 2 aromatic heterocycles. The molecule has 3 rings (SSSR count). The largest absolute Gasteiger partial charge is 0.463 e. The first-order valence-corrected chi connectivity index (χ1v) is 15.2. The number of ether oxygens (including phenoxy) is 6. The van der Waals surface area contributed by atoms with Gasteiger partial charge in [0.05, 0.1) is 6.61 Å². The molecule has 0 radical (unpaired) electrons. The van der Waals surface area contributed by atoms with Crippen LogP contribution in [0.5, 0.6) is 0 Å². The predicted octanol–water partition coefficient (Wildman–Crippen LogP) is 2.02. The normalized spacial score (nSPS) is 18.8. The van der Waals surface area contributed by atoms with Gasteiger partial charge in [-0.05, 0) is 27.0 Å². The lowest BCUT2D eigenvalue weighted by atomic mass is 10.1. The van der Waals surface area contributed by atoms with Crippen LogP contribution in [0.4, 0.5) is 5.82 Å². The maximum absolute atomic E-state index is 13.5. The number of nitrogens with zero attached hydrogens (tertiary/aromatic N) is 3. The van der Waals surface area contributed by atoms with Crippen LogP contribution in [0.25, 0.3) is 11.0 Å². The molecule has 3 heterocycles. The predicted molar refractivity (Wildman–Crippen MR) is 160 cm³/mol. The van der Waals surface area contributed by atoms with E-state index in [4.69, 9.17) is 28.4 Å². The Labute approximate surface area is 263 Å². The zero-order valence-electron chi connectivity index (χ0n) is 26.4. The van der Waals surface area contributed by atoms with E-state index in [1.54, 1.807) is 13.2 Å². The van der Waals surface area contributed by atoms with Crippen molar-refractivity contribution in [2.45, 2.75) is 78.2 Å². The van der Waals surface area contributed by atoms with Gasteiger partial charge in [0, 0.05) is 47.1 Å². The van der Waals surface area contributed by atoms with E-state index >= 15 is 0 Å². The van der Waals surface area contributed by atoms with E-state index in [0.29, 0.717) is 0 Å². The molecule has 1 saturated heterocycles. The molecular weight excluding hydrogens is 616 g/mol. The van der Waals surface area contributed by atoms with Crippen molar-refractivity contribution in [1.82, 2.24) is 14.5 Å². The molecule has 0 aliphatic carbocycles. The first kappa shape index (κ1) is 37.1. The molecule has 16 nitrogen and oxygen atoms in total. The number of carbonyl (C=O) groups is 5. The van der Waals surface area contributed by atoms with Crippen LogP contribution in [0.1, 0.15) is 65.1 Å². The fraction of sp³-hybridized carbons (Fsp3) is 0.571. The van der Waals surface area contributed by atoms with E-state index in [0.717, 1.165) is 45.0 Å². The monoisotopic (exact) mass is 654 g/mol. The summed E-state index contributed by atoms with van der Waals surface area (Å²) >= 11 is 1.10. The van der Waals surface area contributed by atoms with Crippen molar-refractivity contribution in [3.05, 3.63) is 22.0 Å². The third-order valence-corrected chi connectivity index (χ3v) is 6.40. The minimum Gasteiger partial charge on any atom is -0.463 e. The van der Waals surface area contributed by atoms with E-state index in [-0.39, 0.29) is 35.2 Å². The van der Waals surface area contributed by atoms with E-state index in [1.807, 2.05) is 13.8 Å². The van der Waals surface area contributed by atoms with Crippen LogP contribution in [0.15, 0.2) is 16.1 Å². The first-order valence-electron chi connectivity index (χ1n) is 14.0. The Morgan fingerprint density at radius 2 is 1.53 bits per heavy atom.